The maximum absolute atomic E-state index is 3.36. The van der Waals surface area contributed by atoms with Gasteiger partial charge in [-0.05, 0) is 40.8 Å². The molecule has 1 aromatic carbocycles. The smallest absolute Gasteiger partial charge is 1.00 e. The van der Waals surface area contributed by atoms with Gasteiger partial charge in [0.15, 0.2) is 0 Å². The van der Waals surface area contributed by atoms with Crippen molar-refractivity contribution in [2.45, 2.75) is 0 Å². The Kier molecular flexibility index (Phi) is 5.58. The van der Waals surface area contributed by atoms with Gasteiger partial charge in [-0.15, -0.1) is 0 Å². The second-order valence-corrected chi connectivity index (χ2v) is 3.60. The summed E-state index contributed by atoms with van der Waals surface area (Å²) in [6.45, 7) is 0. The summed E-state index contributed by atoms with van der Waals surface area (Å²) in [4.78, 5) is 0. The van der Waals surface area contributed by atoms with Crippen molar-refractivity contribution in [2.24, 2.45) is 0 Å². The summed E-state index contributed by atoms with van der Waals surface area (Å²) in [6, 6.07) is 8.17. The van der Waals surface area contributed by atoms with Crippen LogP contribution < -0.4 is 0 Å². The maximum Gasteiger partial charge on any atom is 2.00 e. The van der Waals surface area contributed by atoms with E-state index in [4.69, 9.17) is 0 Å². The van der Waals surface area contributed by atoms with E-state index in [0.717, 1.165) is 4.47 Å². The molecule has 1 aromatic rings. The first-order chi connectivity index (χ1) is 3.79. The minimum atomic E-state index is 0. The quantitative estimate of drug-likeness (QED) is 0.511. The molecule has 0 saturated heterocycles. The molecule has 0 aliphatic heterocycles. The fraction of sp³-hybridized carbons (Fsp3) is 0. The Labute approximate surface area is 95.8 Å². The average molecular weight is 309 g/mol. The molecule has 1 rings (SSSR count). The van der Waals surface area contributed by atoms with Crippen molar-refractivity contribution in [1.82, 2.24) is 0 Å². The monoisotopic (exact) mass is 308 g/mol. The zero-order valence-corrected chi connectivity index (χ0v) is 9.93. The van der Waals surface area contributed by atoms with Crippen LogP contribution in [0.15, 0.2) is 28.7 Å². The molecule has 0 spiro atoms. The molecule has 0 amide bonds. The standard InChI is InChI=1S/C6H4BrI.Mg.2H/c7-5-2-1-3-6(8)4-5;;;/h1-4H;;;/q;+2;2*-1. The molecule has 0 heterocycles. The molecule has 0 saturated carbocycles. The molecule has 0 radical (unpaired) electrons. The first-order valence-corrected chi connectivity index (χ1v) is 4.07. The predicted molar refractivity (Wildman–Crippen MR) is 54.8 cm³/mol. The predicted octanol–water partition coefficient (Wildman–Crippen LogP) is 2.90. The van der Waals surface area contributed by atoms with Gasteiger partial charge in [0.25, 0.3) is 0 Å². The second kappa shape index (κ2) is 4.93. The molecule has 0 nitrogen and oxygen atoms in total. The first-order valence-electron chi connectivity index (χ1n) is 2.20. The topological polar surface area (TPSA) is 0 Å². The maximum atomic E-state index is 3.36. The largest absolute Gasteiger partial charge is 2.00 e. The fourth-order valence-corrected chi connectivity index (χ4v) is 1.83. The summed E-state index contributed by atoms with van der Waals surface area (Å²) in [5, 5.41) is 0. The Balaban J connectivity index is -0.000000213. The van der Waals surface area contributed by atoms with Crippen molar-refractivity contribution >= 4 is 61.6 Å². The number of halogens is 2. The normalized spacial score (nSPS) is 8.22. The molecule has 9 heavy (non-hydrogen) atoms. The van der Waals surface area contributed by atoms with Gasteiger partial charge in [-0.2, -0.15) is 0 Å². The van der Waals surface area contributed by atoms with Gasteiger partial charge in [0.2, 0.25) is 0 Å². The van der Waals surface area contributed by atoms with Crippen molar-refractivity contribution in [1.29, 1.82) is 0 Å². The van der Waals surface area contributed by atoms with Crippen LogP contribution in [-0.4, -0.2) is 23.1 Å². The van der Waals surface area contributed by atoms with Crippen LogP contribution in [0.1, 0.15) is 2.85 Å². The number of rotatable bonds is 0. The van der Waals surface area contributed by atoms with Gasteiger partial charge < -0.3 is 2.85 Å². The summed E-state index contributed by atoms with van der Waals surface area (Å²) >= 11 is 5.63. The Bertz CT molecular complexity index is 180. The molecule has 0 N–H and O–H groups in total. The molecule has 0 aliphatic carbocycles. The van der Waals surface area contributed by atoms with E-state index in [2.05, 4.69) is 50.7 Å². The van der Waals surface area contributed by atoms with Crippen LogP contribution in [0.4, 0.5) is 0 Å². The van der Waals surface area contributed by atoms with Crippen molar-refractivity contribution in [2.75, 3.05) is 0 Å². The molecule has 0 aliphatic rings. The summed E-state index contributed by atoms with van der Waals surface area (Å²) < 4.78 is 2.40. The Morgan fingerprint density at radius 3 is 2.44 bits per heavy atom. The van der Waals surface area contributed by atoms with E-state index in [9.17, 15) is 0 Å². The van der Waals surface area contributed by atoms with E-state index in [0.29, 0.717) is 0 Å². The van der Waals surface area contributed by atoms with E-state index in [1.807, 2.05) is 12.1 Å². The van der Waals surface area contributed by atoms with E-state index in [1.165, 1.54) is 3.57 Å². The van der Waals surface area contributed by atoms with Crippen LogP contribution in [0.25, 0.3) is 0 Å². The van der Waals surface area contributed by atoms with Crippen molar-refractivity contribution < 1.29 is 2.85 Å². The third-order valence-corrected chi connectivity index (χ3v) is 1.95. The Hall–Kier alpha value is 1.20. The third kappa shape index (κ3) is 3.80. The third-order valence-electron chi connectivity index (χ3n) is 0.787. The molecule has 0 atom stereocenters. The summed E-state index contributed by atoms with van der Waals surface area (Å²) in [6.07, 6.45) is 0. The zero-order valence-electron chi connectivity index (χ0n) is 6.77. The van der Waals surface area contributed by atoms with E-state index in [-0.39, 0.29) is 25.9 Å². The summed E-state index contributed by atoms with van der Waals surface area (Å²) in [5.74, 6) is 0. The zero-order chi connectivity index (χ0) is 5.98. The average Bonchev–Trinajstić information content (AvgIpc) is 1.64. The van der Waals surface area contributed by atoms with Gasteiger partial charge in [0, 0.05) is 8.04 Å². The number of benzene rings is 1. The molecular formula is C6H6BrIMg. The molecule has 0 aromatic heterocycles. The van der Waals surface area contributed by atoms with Crippen LogP contribution >= 0.6 is 38.5 Å². The van der Waals surface area contributed by atoms with Crippen molar-refractivity contribution in [3.05, 3.63) is 32.3 Å². The molecule has 3 heteroatoms. The van der Waals surface area contributed by atoms with Crippen LogP contribution in [0, 0.1) is 3.57 Å². The van der Waals surface area contributed by atoms with Gasteiger partial charge in [0.05, 0.1) is 0 Å². The van der Waals surface area contributed by atoms with Crippen LogP contribution in [0.3, 0.4) is 0 Å². The molecular weight excluding hydrogens is 303 g/mol. The van der Waals surface area contributed by atoms with Crippen molar-refractivity contribution in [3.63, 3.8) is 0 Å². The van der Waals surface area contributed by atoms with Crippen molar-refractivity contribution in [3.8, 4) is 0 Å². The Morgan fingerprint density at radius 2 is 2.11 bits per heavy atom. The van der Waals surface area contributed by atoms with Gasteiger partial charge in [-0.25, -0.2) is 0 Å². The second-order valence-electron chi connectivity index (χ2n) is 1.44. The number of hydrogen-bond donors (Lipinski definition) is 0. The van der Waals surface area contributed by atoms with Gasteiger partial charge in [-0.1, -0.05) is 22.0 Å². The van der Waals surface area contributed by atoms with Gasteiger partial charge in [0.1, 0.15) is 0 Å². The Morgan fingerprint density at radius 1 is 1.44 bits per heavy atom. The van der Waals surface area contributed by atoms with E-state index < -0.39 is 0 Å². The molecule has 0 fully saturated rings. The number of hydrogen-bond acceptors (Lipinski definition) is 0. The van der Waals surface area contributed by atoms with Gasteiger partial charge in [-0.3, -0.25) is 0 Å². The van der Waals surface area contributed by atoms with Crippen LogP contribution in [-0.2, 0) is 0 Å². The minimum Gasteiger partial charge on any atom is -1.00 e. The summed E-state index contributed by atoms with van der Waals surface area (Å²) in [5.41, 5.74) is 0. The van der Waals surface area contributed by atoms with Gasteiger partial charge >= 0.3 is 23.1 Å². The van der Waals surface area contributed by atoms with Crippen LogP contribution in [0.2, 0.25) is 0 Å². The van der Waals surface area contributed by atoms with E-state index >= 15 is 0 Å². The minimum absolute atomic E-state index is 0. The SMILES string of the molecule is Brc1cccc(I)c1.[H-].[H-].[Mg+2]. The molecule has 46 valence electrons. The fourth-order valence-electron chi connectivity index (χ4n) is 0.460. The van der Waals surface area contributed by atoms with E-state index in [1.54, 1.807) is 0 Å². The van der Waals surface area contributed by atoms with Crippen LogP contribution in [0.5, 0.6) is 0 Å². The molecule has 0 bridgehead atoms. The summed E-state index contributed by atoms with van der Waals surface area (Å²) in [7, 11) is 0. The first kappa shape index (κ1) is 10.2. The molecule has 0 unspecified atom stereocenters.